The van der Waals surface area contributed by atoms with Crippen LogP contribution in [0.5, 0.6) is 5.75 Å². The van der Waals surface area contributed by atoms with Crippen LogP contribution < -0.4 is 14.4 Å². The van der Waals surface area contributed by atoms with E-state index in [4.69, 9.17) is 4.74 Å². The second kappa shape index (κ2) is 10.5. The van der Waals surface area contributed by atoms with E-state index in [-0.39, 0.29) is 17.5 Å². The molecule has 0 aromatic heterocycles. The Morgan fingerprint density at radius 3 is 2.30 bits per heavy atom. The molecule has 33 heavy (non-hydrogen) atoms. The number of nitrogens with zero attached hydrogens (tertiary/aromatic N) is 1. The minimum atomic E-state index is -3.96. The smallest absolute Gasteiger partial charge is 0.264 e. The summed E-state index contributed by atoms with van der Waals surface area (Å²) in [6, 6.07) is 20.6. The molecule has 0 aliphatic heterocycles. The number of nitrogens with one attached hydrogen (secondary N) is 1. The van der Waals surface area contributed by atoms with Gasteiger partial charge in [-0.15, -0.1) is 0 Å². The maximum absolute atomic E-state index is 13.4. The van der Waals surface area contributed by atoms with Crippen LogP contribution in [0.15, 0.2) is 77.7 Å². The van der Waals surface area contributed by atoms with E-state index < -0.39 is 15.9 Å². The third-order valence-electron chi connectivity index (χ3n) is 5.33. The highest BCUT2D eigenvalue weighted by atomic mass is 32.2. The quantitative estimate of drug-likeness (QED) is 0.493. The van der Waals surface area contributed by atoms with Crippen LogP contribution in [0, 0.1) is 13.8 Å². The molecule has 0 saturated carbocycles. The lowest BCUT2D eigenvalue weighted by atomic mass is 10.00. The van der Waals surface area contributed by atoms with Crippen molar-refractivity contribution in [2.24, 2.45) is 0 Å². The highest BCUT2D eigenvalue weighted by Gasteiger charge is 2.27. The first-order chi connectivity index (χ1) is 15.7. The van der Waals surface area contributed by atoms with Crippen molar-refractivity contribution in [3.8, 4) is 5.75 Å². The van der Waals surface area contributed by atoms with Gasteiger partial charge in [0.15, 0.2) is 0 Å². The summed E-state index contributed by atoms with van der Waals surface area (Å²) in [4.78, 5) is 13.1. The molecule has 7 heteroatoms. The van der Waals surface area contributed by atoms with Crippen molar-refractivity contribution >= 4 is 21.6 Å². The number of aryl methyl sites for hydroxylation is 2. The summed E-state index contributed by atoms with van der Waals surface area (Å²) in [5, 5.41) is 2.95. The van der Waals surface area contributed by atoms with Gasteiger partial charge in [-0.25, -0.2) is 8.42 Å². The normalized spacial score (nSPS) is 12.1. The van der Waals surface area contributed by atoms with Gasteiger partial charge in [0.05, 0.1) is 23.2 Å². The fourth-order valence-electron chi connectivity index (χ4n) is 3.63. The zero-order valence-corrected chi connectivity index (χ0v) is 20.2. The van der Waals surface area contributed by atoms with Crippen molar-refractivity contribution in [2.45, 2.75) is 38.6 Å². The van der Waals surface area contributed by atoms with Gasteiger partial charge in [-0.05, 0) is 75.2 Å². The molecular weight excluding hydrogens is 436 g/mol. The predicted molar refractivity (Wildman–Crippen MR) is 131 cm³/mol. The lowest BCUT2D eigenvalue weighted by Crippen LogP contribution is -2.41. The average Bonchev–Trinajstić information content (AvgIpc) is 2.80. The highest BCUT2D eigenvalue weighted by Crippen LogP contribution is 2.26. The van der Waals surface area contributed by atoms with Gasteiger partial charge in [0.2, 0.25) is 5.91 Å². The van der Waals surface area contributed by atoms with Crippen LogP contribution in [-0.2, 0) is 14.8 Å². The standard InChI is InChI=1S/C26H30N2O4S/c1-5-32-23-15-13-22(14-16-23)28(33(30,31)24-9-7-6-8-10-24)18-26(29)27-21(4)25-17-19(2)11-12-20(25)3/h6-17,21H,5,18H2,1-4H3,(H,27,29). The summed E-state index contributed by atoms with van der Waals surface area (Å²) in [7, 11) is -3.96. The van der Waals surface area contributed by atoms with E-state index in [1.54, 1.807) is 42.5 Å². The van der Waals surface area contributed by atoms with Gasteiger partial charge in [-0.2, -0.15) is 0 Å². The number of benzene rings is 3. The summed E-state index contributed by atoms with van der Waals surface area (Å²) in [6.45, 7) is 7.92. The number of sulfonamides is 1. The van der Waals surface area contributed by atoms with Gasteiger partial charge in [0.25, 0.3) is 10.0 Å². The second-order valence-corrected chi connectivity index (χ2v) is 9.76. The van der Waals surface area contributed by atoms with E-state index in [0.29, 0.717) is 18.0 Å². The van der Waals surface area contributed by atoms with Crippen LogP contribution in [-0.4, -0.2) is 27.5 Å². The Morgan fingerprint density at radius 2 is 1.67 bits per heavy atom. The van der Waals surface area contributed by atoms with Crippen LogP contribution in [0.2, 0.25) is 0 Å². The molecule has 3 aromatic carbocycles. The van der Waals surface area contributed by atoms with Gasteiger partial charge in [0, 0.05) is 0 Å². The Kier molecular flexibility index (Phi) is 7.76. The van der Waals surface area contributed by atoms with Crippen LogP contribution in [0.25, 0.3) is 0 Å². The second-order valence-electron chi connectivity index (χ2n) is 7.90. The van der Waals surface area contributed by atoms with Crippen molar-refractivity contribution in [3.63, 3.8) is 0 Å². The number of anilines is 1. The third kappa shape index (κ3) is 5.93. The molecular formula is C26H30N2O4S. The van der Waals surface area contributed by atoms with Gasteiger partial charge in [0.1, 0.15) is 12.3 Å². The molecule has 1 atom stereocenters. The monoisotopic (exact) mass is 466 g/mol. The maximum Gasteiger partial charge on any atom is 0.264 e. The van der Waals surface area contributed by atoms with Crippen LogP contribution in [0.4, 0.5) is 5.69 Å². The molecule has 6 nitrogen and oxygen atoms in total. The molecule has 0 saturated heterocycles. The first kappa shape index (κ1) is 24.3. The van der Waals surface area contributed by atoms with Gasteiger partial charge < -0.3 is 10.1 Å². The minimum Gasteiger partial charge on any atom is -0.494 e. The number of amides is 1. The third-order valence-corrected chi connectivity index (χ3v) is 7.12. The zero-order chi connectivity index (χ0) is 24.0. The van der Waals surface area contributed by atoms with Crippen molar-refractivity contribution in [1.82, 2.24) is 5.32 Å². The summed E-state index contributed by atoms with van der Waals surface area (Å²) in [6.07, 6.45) is 0. The number of carbonyl (C=O) groups is 1. The van der Waals surface area contributed by atoms with Crippen LogP contribution >= 0.6 is 0 Å². The van der Waals surface area contributed by atoms with E-state index in [0.717, 1.165) is 21.0 Å². The van der Waals surface area contributed by atoms with Crippen molar-refractivity contribution in [1.29, 1.82) is 0 Å². The number of hydrogen-bond donors (Lipinski definition) is 1. The summed E-state index contributed by atoms with van der Waals surface area (Å²) < 4.78 is 33.5. The summed E-state index contributed by atoms with van der Waals surface area (Å²) >= 11 is 0. The fraction of sp³-hybridized carbons (Fsp3) is 0.269. The van der Waals surface area contributed by atoms with Gasteiger partial charge >= 0.3 is 0 Å². The van der Waals surface area contributed by atoms with Crippen molar-refractivity contribution in [2.75, 3.05) is 17.5 Å². The average molecular weight is 467 g/mol. The van der Waals surface area contributed by atoms with Crippen molar-refractivity contribution in [3.05, 3.63) is 89.5 Å². The van der Waals surface area contributed by atoms with E-state index in [2.05, 4.69) is 5.32 Å². The Labute approximate surface area is 196 Å². The molecule has 3 rings (SSSR count). The number of hydrogen-bond acceptors (Lipinski definition) is 4. The Hall–Kier alpha value is -3.32. The molecule has 0 fully saturated rings. The fourth-order valence-corrected chi connectivity index (χ4v) is 5.07. The summed E-state index contributed by atoms with van der Waals surface area (Å²) in [5.74, 6) is 0.239. The Morgan fingerprint density at radius 1 is 1.00 bits per heavy atom. The first-order valence-electron chi connectivity index (χ1n) is 10.9. The van der Waals surface area contributed by atoms with Crippen LogP contribution in [0.1, 0.15) is 36.6 Å². The molecule has 1 N–H and O–H groups in total. The highest BCUT2D eigenvalue weighted by molar-refractivity contribution is 7.92. The van der Waals surface area contributed by atoms with Crippen LogP contribution in [0.3, 0.4) is 0 Å². The topological polar surface area (TPSA) is 75.7 Å². The Bertz CT molecular complexity index is 1190. The molecule has 0 aliphatic rings. The molecule has 0 heterocycles. The lowest BCUT2D eigenvalue weighted by molar-refractivity contribution is -0.120. The van der Waals surface area contributed by atoms with Gasteiger partial charge in [-0.3, -0.25) is 9.10 Å². The molecule has 1 unspecified atom stereocenters. The zero-order valence-electron chi connectivity index (χ0n) is 19.4. The van der Waals surface area contributed by atoms with E-state index in [9.17, 15) is 13.2 Å². The molecule has 0 aliphatic carbocycles. The molecule has 1 amide bonds. The predicted octanol–water partition coefficient (Wildman–Crippen LogP) is 4.77. The number of rotatable bonds is 9. The van der Waals surface area contributed by atoms with E-state index in [1.165, 1.54) is 12.1 Å². The molecule has 0 spiro atoms. The van der Waals surface area contributed by atoms with Crippen molar-refractivity contribution < 1.29 is 17.9 Å². The van der Waals surface area contributed by atoms with Gasteiger partial charge in [-0.1, -0.05) is 42.0 Å². The number of ether oxygens (including phenoxy) is 1. The largest absolute Gasteiger partial charge is 0.494 e. The Balaban J connectivity index is 1.89. The molecule has 174 valence electrons. The molecule has 3 aromatic rings. The molecule has 0 bridgehead atoms. The van der Waals surface area contributed by atoms with E-state index in [1.807, 2.05) is 45.9 Å². The molecule has 0 radical (unpaired) electrons. The minimum absolute atomic E-state index is 0.120. The first-order valence-corrected chi connectivity index (χ1v) is 12.3. The summed E-state index contributed by atoms with van der Waals surface area (Å²) in [5.41, 5.74) is 3.55. The lowest BCUT2D eigenvalue weighted by Gasteiger charge is -2.25. The number of carbonyl (C=O) groups excluding carboxylic acids is 1. The SMILES string of the molecule is CCOc1ccc(N(CC(=O)NC(C)c2cc(C)ccc2C)S(=O)(=O)c2ccccc2)cc1. The van der Waals surface area contributed by atoms with E-state index >= 15 is 0 Å². The maximum atomic E-state index is 13.4.